The maximum Gasteiger partial charge on any atom is 0.340 e. The summed E-state index contributed by atoms with van der Waals surface area (Å²) in [5.74, 6) is -1.12. The quantitative estimate of drug-likeness (QED) is 0.203. The van der Waals surface area contributed by atoms with E-state index in [1.54, 1.807) is 25.3 Å². The average Bonchev–Trinajstić information content (AvgIpc) is 3.48. The number of hydrogen-bond donors (Lipinski definition) is 4. The molecule has 248 valence electrons. The topological polar surface area (TPSA) is 152 Å². The van der Waals surface area contributed by atoms with Crippen molar-refractivity contribution in [1.29, 1.82) is 0 Å². The molecule has 11 nitrogen and oxygen atoms in total. The van der Waals surface area contributed by atoms with Crippen molar-refractivity contribution in [2.45, 2.75) is 77.8 Å². The summed E-state index contributed by atoms with van der Waals surface area (Å²) in [5, 5.41) is 9.85. The molecule has 1 aliphatic heterocycles. The first-order chi connectivity index (χ1) is 21.8. The summed E-state index contributed by atoms with van der Waals surface area (Å²) in [7, 11) is 1.56. The highest BCUT2D eigenvalue weighted by Crippen LogP contribution is 2.26. The fourth-order valence-electron chi connectivity index (χ4n) is 5.65. The lowest BCUT2D eigenvalue weighted by Crippen LogP contribution is -2.53. The molecule has 1 aliphatic rings. The Morgan fingerprint density at radius 1 is 1.07 bits per heavy atom. The van der Waals surface area contributed by atoms with E-state index >= 15 is 0 Å². The van der Waals surface area contributed by atoms with Crippen LogP contribution in [0.4, 0.5) is 0 Å². The van der Waals surface area contributed by atoms with E-state index in [0.717, 1.165) is 42.5 Å². The monoisotopic (exact) mass is 633 g/mol. The number of Topliss-reactive ketones (excluding diaryl/α,β-unsaturated/α-hetero) is 1. The molecule has 4 N–H and O–H groups in total. The number of ether oxygens (including phenoxy) is 2. The molecule has 2 amide bonds. The van der Waals surface area contributed by atoms with Crippen LogP contribution >= 0.6 is 0 Å². The van der Waals surface area contributed by atoms with Crippen LogP contribution in [-0.2, 0) is 19.7 Å². The number of piperidine rings is 1. The third-order valence-electron chi connectivity index (χ3n) is 8.20. The van der Waals surface area contributed by atoms with Crippen molar-refractivity contribution in [2.24, 2.45) is 11.8 Å². The van der Waals surface area contributed by atoms with E-state index in [1.807, 2.05) is 52.8 Å². The normalized spacial score (nSPS) is 16.5. The van der Waals surface area contributed by atoms with Gasteiger partial charge in [-0.1, -0.05) is 40.7 Å². The molecule has 2 aromatic heterocycles. The van der Waals surface area contributed by atoms with E-state index in [0.29, 0.717) is 24.3 Å². The van der Waals surface area contributed by atoms with Crippen LogP contribution in [0.3, 0.4) is 0 Å². The first-order valence-corrected chi connectivity index (χ1v) is 16.0. The Hall–Kier alpha value is -4.25. The molecule has 4 rings (SSSR count). The summed E-state index contributed by atoms with van der Waals surface area (Å²) in [6.45, 7) is 11.1. The van der Waals surface area contributed by atoms with E-state index < -0.39 is 42.3 Å². The van der Waals surface area contributed by atoms with E-state index in [-0.39, 0.29) is 22.8 Å². The van der Waals surface area contributed by atoms with Gasteiger partial charge in [0.2, 0.25) is 5.91 Å². The van der Waals surface area contributed by atoms with Crippen molar-refractivity contribution in [1.82, 2.24) is 25.9 Å². The Kier molecular flexibility index (Phi) is 11.6. The number of fused-ring (bicyclic) bond motifs is 1. The minimum Gasteiger partial charge on any atom is -0.496 e. The van der Waals surface area contributed by atoms with Gasteiger partial charge in [-0.15, -0.1) is 0 Å². The number of carbonyl (C=O) groups excluding carboxylic acids is 4. The fraction of sp³-hybridized carbons (Fsp3) is 0.514. The maximum atomic E-state index is 13.7. The number of nitrogens with zero attached hydrogens (tertiary/aromatic N) is 1. The van der Waals surface area contributed by atoms with Crippen LogP contribution in [0.5, 0.6) is 5.75 Å². The largest absolute Gasteiger partial charge is 0.496 e. The molecule has 0 aliphatic carbocycles. The lowest BCUT2D eigenvalue weighted by Gasteiger charge is -2.28. The fourth-order valence-corrected chi connectivity index (χ4v) is 5.65. The third-order valence-corrected chi connectivity index (χ3v) is 8.20. The van der Waals surface area contributed by atoms with E-state index in [1.165, 1.54) is 6.20 Å². The molecule has 11 heteroatoms. The summed E-state index contributed by atoms with van der Waals surface area (Å²) in [6, 6.07) is 8.78. The Morgan fingerprint density at radius 3 is 2.48 bits per heavy atom. The summed E-state index contributed by atoms with van der Waals surface area (Å²) in [6.07, 6.45) is 4.07. The molecule has 3 aromatic rings. The minimum absolute atomic E-state index is 0.0785. The molecule has 0 radical (unpaired) electrons. The molecular weight excluding hydrogens is 586 g/mol. The van der Waals surface area contributed by atoms with Crippen LogP contribution in [0.1, 0.15) is 86.8 Å². The van der Waals surface area contributed by atoms with Gasteiger partial charge < -0.3 is 30.4 Å². The molecule has 1 saturated heterocycles. The van der Waals surface area contributed by atoms with Gasteiger partial charge in [-0.25, -0.2) is 4.79 Å². The summed E-state index contributed by atoms with van der Waals surface area (Å²) in [4.78, 5) is 60.8. The molecule has 0 bridgehead atoms. The second kappa shape index (κ2) is 15.4. The van der Waals surface area contributed by atoms with Crippen molar-refractivity contribution < 1.29 is 28.7 Å². The van der Waals surface area contributed by atoms with Crippen LogP contribution in [0, 0.1) is 11.8 Å². The first-order valence-electron chi connectivity index (χ1n) is 16.0. The number of amides is 2. The number of ketones is 1. The van der Waals surface area contributed by atoms with Crippen LogP contribution in [0.2, 0.25) is 0 Å². The number of esters is 1. The Bertz CT molecular complexity index is 1520. The molecule has 0 spiro atoms. The lowest BCUT2D eigenvalue weighted by molar-refractivity contribution is -0.131. The summed E-state index contributed by atoms with van der Waals surface area (Å²) >= 11 is 0. The minimum atomic E-state index is -0.893. The van der Waals surface area contributed by atoms with Crippen molar-refractivity contribution in [3.05, 3.63) is 59.5 Å². The van der Waals surface area contributed by atoms with Crippen LogP contribution in [0.15, 0.2) is 42.6 Å². The number of pyridine rings is 1. The zero-order valence-electron chi connectivity index (χ0n) is 27.7. The maximum absolute atomic E-state index is 13.7. The highest BCUT2D eigenvalue weighted by Gasteiger charge is 2.31. The number of nitrogens with one attached hydrogen (secondary N) is 4. The Balaban J connectivity index is 1.46. The van der Waals surface area contributed by atoms with Gasteiger partial charge in [0.25, 0.3) is 5.91 Å². The summed E-state index contributed by atoms with van der Waals surface area (Å²) < 4.78 is 10.8. The van der Waals surface area contributed by atoms with Crippen LogP contribution < -0.4 is 20.7 Å². The van der Waals surface area contributed by atoms with Gasteiger partial charge in [-0.05, 0) is 80.9 Å². The van der Waals surface area contributed by atoms with Crippen molar-refractivity contribution >= 4 is 34.5 Å². The van der Waals surface area contributed by atoms with Gasteiger partial charge in [0.05, 0.1) is 18.7 Å². The third kappa shape index (κ3) is 9.15. The number of aromatic nitrogens is 2. The first kappa shape index (κ1) is 34.6. The van der Waals surface area contributed by atoms with Crippen molar-refractivity contribution in [2.75, 3.05) is 26.8 Å². The predicted octanol–water partition coefficient (Wildman–Crippen LogP) is 4.31. The van der Waals surface area contributed by atoms with Gasteiger partial charge in [0.1, 0.15) is 17.5 Å². The molecule has 0 unspecified atom stereocenters. The predicted molar refractivity (Wildman–Crippen MR) is 176 cm³/mol. The molecule has 46 heavy (non-hydrogen) atoms. The zero-order valence-corrected chi connectivity index (χ0v) is 27.7. The van der Waals surface area contributed by atoms with Gasteiger partial charge in [-0.3, -0.25) is 19.4 Å². The molecule has 3 heterocycles. The van der Waals surface area contributed by atoms with E-state index in [9.17, 15) is 19.2 Å². The lowest BCUT2D eigenvalue weighted by atomic mass is 9.90. The van der Waals surface area contributed by atoms with Gasteiger partial charge >= 0.3 is 5.97 Å². The van der Waals surface area contributed by atoms with Crippen molar-refractivity contribution in [3.8, 4) is 5.75 Å². The molecular formula is C35H47N5O6. The van der Waals surface area contributed by atoms with Gasteiger partial charge in [0, 0.05) is 28.2 Å². The number of aromatic amines is 1. The zero-order chi connectivity index (χ0) is 33.4. The number of H-pyrrole nitrogens is 1. The Morgan fingerprint density at radius 2 is 1.85 bits per heavy atom. The van der Waals surface area contributed by atoms with Crippen LogP contribution in [0.25, 0.3) is 10.9 Å². The highest BCUT2D eigenvalue weighted by molar-refractivity contribution is 6.02. The van der Waals surface area contributed by atoms with Crippen LogP contribution in [-0.4, -0.2) is 72.4 Å². The smallest absolute Gasteiger partial charge is 0.340 e. The molecule has 1 fully saturated rings. The second-order valence-electron chi connectivity index (χ2n) is 13.5. The summed E-state index contributed by atoms with van der Waals surface area (Å²) in [5.41, 5.74) is 1.92. The SMILES string of the molecule is COc1cccc2[nH]c(C(=O)N[C@@H](CC(C)C)C(=O)N[C@@H](C[C@@H]3CCCNC3)C(=O)COC(=O)c3ccc(C(C)(C)C)nc3)cc12. The molecule has 1 aromatic carbocycles. The van der Waals surface area contributed by atoms with E-state index in [2.05, 4.69) is 25.9 Å². The highest BCUT2D eigenvalue weighted by atomic mass is 16.5. The van der Waals surface area contributed by atoms with Gasteiger partial charge in [-0.2, -0.15) is 0 Å². The second-order valence-corrected chi connectivity index (χ2v) is 13.5. The average molecular weight is 634 g/mol. The molecule has 0 saturated carbocycles. The van der Waals surface area contributed by atoms with Crippen molar-refractivity contribution in [3.63, 3.8) is 0 Å². The standard InChI is InChI=1S/C35H47N5O6/c1-21(2)15-27(40-33(43)28-17-24-25(38-28)10-7-11-30(24)45-6)32(42)39-26(16-22-9-8-14-36-18-22)29(41)20-46-34(44)23-12-13-31(37-19-23)35(3,4)5/h7,10-13,17,19,21-22,26-27,36,38H,8-9,14-16,18,20H2,1-6H3,(H,39,42)(H,40,43)/t22-,26-,27-/m0/s1. The number of benzene rings is 1. The molecule has 3 atom stereocenters. The Labute approximate surface area is 270 Å². The number of carbonyl (C=O) groups is 4. The van der Waals surface area contributed by atoms with Gasteiger partial charge in [0.15, 0.2) is 12.4 Å². The van der Waals surface area contributed by atoms with E-state index in [4.69, 9.17) is 9.47 Å². The number of methoxy groups -OCH3 is 1. The number of hydrogen-bond acceptors (Lipinski definition) is 8. The number of rotatable bonds is 13.